The average Bonchev–Trinajstić information content (AvgIpc) is 2.17. The van der Waals surface area contributed by atoms with Gasteiger partial charge in [-0.15, -0.1) is 0 Å². The summed E-state index contributed by atoms with van der Waals surface area (Å²) in [6, 6.07) is 2.94. The maximum atomic E-state index is 4.38. The van der Waals surface area contributed by atoms with Gasteiger partial charge in [-0.25, -0.2) is 9.97 Å². The number of hydrogen-bond donors (Lipinski definition) is 1. The molecule has 1 fully saturated rings. The molecule has 1 aliphatic rings. The van der Waals surface area contributed by atoms with E-state index in [0.29, 0.717) is 23.9 Å². The van der Waals surface area contributed by atoms with Gasteiger partial charge in [-0.1, -0.05) is 6.92 Å². The fourth-order valence-corrected chi connectivity index (χ4v) is 2.78. The topological polar surface area (TPSA) is 37.8 Å². The van der Waals surface area contributed by atoms with E-state index < -0.39 is 0 Å². The molecule has 0 radical (unpaired) electrons. The molecule has 2 heterocycles. The van der Waals surface area contributed by atoms with Gasteiger partial charge < -0.3 is 5.32 Å². The quantitative estimate of drug-likeness (QED) is 0.761. The van der Waals surface area contributed by atoms with Crippen LogP contribution < -0.4 is 5.32 Å². The second-order valence-electron chi connectivity index (χ2n) is 4.70. The SMILES string of the molecule is CC1CC(C)C(c2ncccn2)C(C)N1. The number of aromatic nitrogens is 2. The highest BCUT2D eigenvalue weighted by molar-refractivity contribution is 5.06. The van der Waals surface area contributed by atoms with Crippen molar-refractivity contribution in [2.24, 2.45) is 5.92 Å². The Labute approximate surface area is 91.3 Å². The third-order valence-electron chi connectivity index (χ3n) is 3.31. The summed E-state index contributed by atoms with van der Waals surface area (Å²) in [6.07, 6.45) is 4.87. The van der Waals surface area contributed by atoms with Crippen molar-refractivity contribution in [3.63, 3.8) is 0 Å². The highest BCUT2D eigenvalue weighted by atomic mass is 15.0. The van der Waals surface area contributed by atoms with E-state index in [0.717, 1.165) is 5.82 Å². The van der Waals surface area contributed by atoms with Crippen LogP contribution in [0.3, 0.4) is 0 Å². The van der Waals surface area contributed by atoms with Gasteiger partial charge in [0.2, 0.25) is 0 Å². The molecular formula is C12H19N3. The van der Waals surface area contributed by atoms with Crippen molar-refractivity contribution < 1.29 is 0 Å². The predicted molar refractivity (Wildman–Crippen MR) is 60.6 cm³/mol. The Balaban J connectivity index is 2.21. The van der Waals surface area contributed by atoms with Gasteiger partial charge in [-0.05, 0) is 32.3 Å². The van der Waals surface area contributed by atoms with Crippen LogP contribution >= 0.6 is 0 Å². The lowest BCUT2D eigenvalue weighted by Crippen LogP contribution is -2.47. The Morgan fingerprint density at radius 3 is 2.47 bits per heavy atom. The van der Waals surface area contributed by atoms with Crippen LogP contribution in [0.4, 0.5) is 0 Å². The normalized spacial score (nSPS) is 36.5. The molecule has 82 valence electrons. The van der Waals surface area contributed by atoms with Crippen molar-refractivity contribution in [1.29, 1.82) is 0 Å². The smallest absolute Gasteiger partial charge is 0.133 e. The zero-order valence-electron chi connectivity index (χ0n) is 9.64. The van der Waals surface area contributed by atoms with E-state index in [2.05, 4.69) is 36.1 Å². The lowest BCUT2D eigenvalue weighted by atomic mass is 9.79. The van der Waals surface area contributed by atoms with E-state index in [9.17, 15) is 0 Å². The van der Waals surface area contributed by atoms with Gasteiger partial charge in [0, 0.05) is 30.4 Å². The van der Waals surface area contributed by atoms with Crippen LogP contribution in [0.1, 0.15) is 38.9 Å². The summed E-state index contributed by atoms with van der Waals surface area (Å²) in [7, 11) is 0. The fraction of sp³-hybridized carbons (Fsp3) is 0.667. The molecule has 0 bridgehead atoms. The van der Waals surface area contributed by atoms with Crippen molar-refractivity contribution >= 4 is 0 Å². The largest absolute Gasteiger partial charge is 0.311 e. The molecular weight excluding hydrogens is 186 g/mol. The summed E-state index contributed by atoms with van der Waals surface area (Å²) < 4.78 is 0. The number of hydrogen-bond acceptors (Lipinski definition) is 3. The minimum Gasteiger partial charge on any atom is -0.311 e. The summed E-state index contributed by atoms with van der Waals surface area (Å²) in [6.45, 7) is 6.77. The Kier molecular flexibility index (Phi) is 3.00. The minimum atomic E-state index is 0.447. The van der Waals surface area contributed by atoms with E-state index in [-0.39, 0.29) is 0 Å². The van der Waals surface area contributed by atoms with Gasteiger partial charge in [0.25, 0.3) is 0 Å². The number of nitrogens with zero attached hydrogens (tertiary/aromatic N) is 2. The molecule has 0 spiro atoms. The maximum Gasteiger partial charge on any atom is 0.133 e. The van der Waals surface area contributed by atoms with Crippen LogP contribution in [0.5, 0.6) is 0 Å². The minimum absolute atomic E-state index is 0.447. The molecule has 3 nitrogen and oxygen atoms in total. The Hall–Kier alpha value is -0.960. The van der Waals surface area contributed by atoms with Gasteiger partial charge in [-0.3, -0.25) is 0 Å². The molecule has 1 N–H and O–H groups in total. The highest BCUT2D eigenvalue weighted by Crippen LogP contribution is 2.32. The second kappa shape index (κ2) is 4.27. The molecule has 1 aromatic rings. The Bertz CT molecular complexity index is 300. The summed E-state index contributed by atoms with van der Waals surface area (Å²) in [5.41, 5.74) is 0. The molecule has 4 unspecified atom stereocenters. The van der Waals surface area contributed by atoms with Gasteiger partial charge in [0.15, 0.2) is 0 Å². The summed E-state index contributed by atoms with van der Waals surface area (Å²) in [5, 5.41) is 3.58. The number of nitrogens with one attached hydrogen (secondary N) is 1. The van der Waals surface area contributed by atoms with Gasteiger partial charge in [0.1, 0.15) is 5.82 Å². The summed E-state index contributed by atoms with van der Waals surface area (Å²) >= 11 is 0. The molecule has 1 aliphatic heterocycles. The third-order valence-corrected chi connectivity index (χ3v) is 3.31. The van der Waals surface area contributed by atoms with Gasteiger partial charge in [-0.2, -0.15) is 0 Å². The van der Waals surface area contributed by atoms with E-state index in [1.807, 2.05) is 18.5 Å². The van der Waals surface area contributed by atoms with E-state index in [1.165, 1.54) is 6.42 Å². The van der Waals surface area contributed by atoms with Crippen molar-refractivity contribution in [1.82, 2.24) is 15.3 Å². The highest BCUT2D eigenvalue weighted by Gasteiger charge is 2.33. The molecule has 4 atom stereocenters. The summed E-state index contributed by atoms with van der Waals surface area (Å²) in [5.74, 6) is 2.08. The number of piperidine rings is 1. The molecule has 1 aromatic heterocycles. The molecule has 0 aromatic carbocycles. The molecule has 1 saturated heterocycles. The molecule has 2 rings (SSSR count). The van der Waals surface area contributed by atoms with Crippen LogP contribution in [0.2, 0.25) is 0 Å². The van der Waals surface area contributed by atoms with Crippen LogP contribution in [-0.4, -0.2) is 22.1 Å². The third kappa shape index (κ3) is 2.17. The van der Waals surface area contributed by atoms with Crippen LogP contribution in [-0.2, 0) is 0 Å². The van der Waals surface area contributed by atoms with Crippen LogP contribution in [0.15, 0.2) is 18.5 Å². The molecule has 0 amide bonds. The molecule has 0 aliphatic carbocycles. The van der Waals surface area contributed by atoms with Gasteiger partial charge >= 0.3 is 0 Å². The first-order valence-corrected chi connectivity index (χ1v) is 5.71. The fourth-order valence-electron chi connectivity index (χ4n) is 2.78. The zero-order chi connectivity index (χ0) is 10.8. The van der Waals surface area contributed by atoms with Crippen LogP contribution in [0.25, 0.3) is 0 Å². The van der Waals surface area contributed by atoms with E-state index in [4.69, 9.17) is 0 Å². The summed E-state index contributed by atoms with van der Waals surface area (Å²) in [4.78, 5) is 8.75. The Morgan fingerprint density at radius 1 is 1.20 bits per heavy atom. The van der Waals surface area contributed by atoms with Crippen molar-refractivity contribution in [2.75, 3.05) is 0 Å². The molecule has 15 heavy (non-hydrogen) atoms. The number of rotatable bonds is 1. The van der Waals surface area contributed by atoms with E-state index in [1.54, 1.807) is 0 Å². The first kappa shape index (κ1) is 10.6. The van der Waals surface area contributed by atoms with Crippen LogP contribution in [0, 0.1) is 5.92 Å². The lowest BCUT2D eigenvalue weighted by molar-refractivity contribution is 0.230. The first-order chi connectivity index (χ1) is 7.18. The van der Waals surface area contributed by atoms with E-state index >= 15 is 0 Å². The molecule has 3 heteroatoms. The Morgan fingerprint density at radius 2 is 1.87 bits per heavy atom. The van der Waals surface area contributed by atoms with Gasteiger partial charge in [0.05, 0.1) is 0 Å². The monoisotopic (exact) mass is 205 g/mol. The van der Waals surface area contributed by atoms with Crippen molar-refractivity contribution in [3.05, 3.63) is 24.3 Å². The molecule has 0 saturated carbocycles. The van der Waals surface area contributed by atoms with Crippen molar-refractivity contribution in [2.45, 2.75) is 45.2 Å². The predicted octanol–water partition coefficient (Wildman–Crippen LogP) is 1.97. The average molecular weight is 205 g/mol. The van der Waals surface area contributed by atoms with Crippen molar-refractivity contribution in [3.8, 4) is 0 Å². The second-order valence-corrected chi connectivity index (χ2v) is 4.70. The zero-order valence-corrected chi connectivity index (χ0v) is 9.64. The maximum absolute atomic E-state index is 4.38. The first-order valence-electron chi connectivity index (χ1n) is 5.71. The standard InChI is InChI=1S/C12H19N3/c1-8-7-9(2)15-10(3)11(8)12-13-5-4-6-14-12/h4-6,8-11,15H,7H2,1-3H3. The lowest BCUT2D eigenvalue weighted by Gasteiger charge is -2.38.